The Hall–Kier alpha value is -1.31. The molecule has 1 aliphatic rings. The molecule has 1 aromatic carbocycles. The molecule has 25 heavy (non-hydrogen) atoms. The maximum atomic E-state index is 12.3. The largest absolute Gasteiger partial charge is 0.357 e. The molecule has 2 aromatic rings. The van der Waals surface area contributed by atoms with E-state index in [-0.39, 0.29) is 11.2 Å². The molecule has 1 amide bonds. The fourth-order valence-corrected chi connectivity index (χ4v) is 4.92. The van der Waals surface area contributed by atoms with E-state index in [0.29, 0.717) is 16.8 Å². The molecule has 0 radical (unpaired) electrons. The van der Waals surface area contributed by atoms with Crippen LogP contribution in [0.4, 0.5) is 10.8 Å². The van der Waals surface area contributed by atoms with Gasteiger partial charge in [-0.1, -0.05) is 60.0 Å². The standard InChI is InChI=1S/C17H21ClN4OS2/c1-11(15(23)19-14-9-5-6-12(18)10-14)24-17-22-21-16(25-17)20-13-7-3-2-4-8-13/h5-6,9-11,13H,2-4,7-8H2,1H3,(H,19,23)(H,20,21). The van der Waals surface area contributed by atoms with Gasteiger partial charge in [0.05, 0.1) is 5.25 Å². The summed E-state index contributed by atoms with van der Waals surface area (Å²) in [5.74, 6) is -0.0794. The summed E-state index contributed by atoms with van der Waals surface area (Å²) in [7, 11) is 0. The van der Waals surface area contributed by atoms with Gasteiger partial charge >= 0.3 is 0 Å². The Morgan fingerprint density at radius 3 is 2.88 bits per heavy atom. The number of benzene rings is 1. The van der Waals surface area contributed by atoms with Crippen molar-refractivity contribution in [3.05, 3.63) is 29.3 Å². The summed E-state index contributed by atoms with van der Waals surface area (Å²) in [6, 6.07) is 7.64. The van der Waals surface area contributed by atoms with Crippen molar-refractivity contribution in [2.24, 2.45) is 0 Å². The van der Waals surface area contributed by atoms with Crippen LogP contribution in [-0.4, -0.2) is 27.4 Å². The number of carbonyl (C=O) groups excluding carboxylic acids is 1. The van der Waals surface area contributed by atoms with Crippen LogP contribution in [0, 0.1) is 0 Å². The van der Waals surface area contributed by atoms with E-state index in [0.717, 1.165) is 9.47 Å². The Kier molecular flexibility index (Phi) is 6.56. The highest BCUT2D eigenvalue weighted by Crippen LogP contribution is 2.31. The van der Waals surface area contributed by atoms with Crippen LogP contribution >= 0.6 is 34.7 Å². The molecule has 1 aliphatic carbocycles. The van der Waals surface area contributed by atoms with Gasteiger partial charge in [0.15, 0.2) is 4.34 Å². The first kappa shape index (κ1) is 18.5. The molecule has 134 valence electrons. The second-order valence-electron chi connectivity index (χ2n) is 6.11. The summed E-state index contributed by atoms with van der Waals surface area (Å²) >= 11 is 8.87. The summed E-state index contributed by atoms with van der Waals surface area (Å²) < 4.78 is 0.798. The highest BCUT2D eigenvalue weighted by molar-refractivity contribution is 8.02. The van der Waals surface area contributed by atoms with Crippen LogP contribution in [0.3, 0.4) is 0 Å². The van der Waals surface area contributed by atoms with Gasteiger partial charge in [0, 0.05) is 16.8 Å². The third-order valence-corrected chi connectivity index (χ3v) is 6.35. The van der Waals surface area contributed by atoms with Crippen molar-refractivity contribution in [3.63, 3.8) is 0 Å². The van der Waals surface area contributed by atoms with Crippen LogP contribution in [0.1, 0.15) is 39.0 Å². The van der Waals surface area contributed by atoms with Crippen LogP contribution in [0.5, 0.6) is 0 Å². The van der Waals surface area contributed by atoms with Crippen LogP contribution in [-0.2, 0) is 4.79 Å². The highest BCUT2D eigenvalue weighted by atomic mass is 35.5. The van der Waals surface area contributed by atoms with Gasteiger partial charge < -0.3 is 10.6 Å². The molecule has 0 aliphatic heterocycles. The minimum atomic E-state index is -0.269. The molecular formula is C17H21ClN4OS2. The van der Waals surface area contributed by atoms with Gasteiger partial charge in [-0.2, -0.15) is 0 Å². The molecule has 2 N–H and O–H groups in total. The van der Waals surface area contributed by atoms with Crippen molar-refractivity contribution >= 4 is 51.4 Å². The first-order valence-corrected chi connectivity index (χ1v) is 10.5. The van der Waals surface area contributed by atoms with E-state index in [1.165, 1.54) is 55.2 Å². The number of amides is 1. The van der Waals surface area contributed by atoms with Gasteiger partial charge in [-0.15, -0.1) is 10.2 Å². The van der Waals surface area contributed by atoms with Gasteiger partial charge in [0.1, 0.15) is 0 Å². The molecular weight excluding hydrogens is 376 g/mol. The quantitative estimate of drug-likeness (QED) is 0.668. The van der Waals surface area contributed by atoms with E-state index in [9.17, 15) is 4.79 Å². The van der Waals surface area contributed by atoms with Crippen LogP contribution < -0.4 is 10.6 Å². The van der Waals surface area contributed by atoms with Gasteiger partial charge in [-0.05, 0) is 38.0 Å². The lowest BCUT2D eigenvalue weighted by Crippen LogP contribution is -2.22. The molecule has 0 spiro atoms. The average Bonchev–Trinajstić information content (AvgIpc) is 3.02. The number of nitrogens with zero attached hydrogens (tertiary/aromatic N) is 2. The van der Waals surface area contributed by atoms with Crippen molar-refractivity contribution in [2.45, 2.75) is 54.7 Å². The van der Waals surface area contributed by atoms with Crippen molar-refractivity contribution in [2.75, 3.05) is 10.6 Å². The van der Waals surface area contributed by atoms with Gasteiger partial charge in [0.2, 0.25) is 11.0 Å². The Morgan fingerprint density at radius 1 is 1.32 bits per heavy atom. The van der Waals surface area contributed by atoms with Gasteiger partial charge in [-0.25, -0.2) is 0 Å². The second-order valence-corrected chi connectivity index (χ2v) is 9.11. The minimum absolute atomic E-state index is 0.0794. The maximum absolute atomic E-state index is 12.3. The lowest BCUT2D eigenvalue weighted by Gasteiger charge is -2.21. The zero-order chi connectivity index (χ0) is 17.6. The number of thioether (sulfide) groups is 1. The van der Waals surface area contributed by atoms with Crippen LogP contribution in [0.2, 0.25) is 5.02 Å². The average molecular weight is 397 g/mol. The Balaban J connectivity index is 1.52. The number of carbonyl (C=O) groups is 1. The highest BCUT2D eigenvalue weighted by Gasteiger charge is 2.19. The smallest absolute Gasteiger partial charge is 0.237 e. The molecule has 1 saturated carbocycles. The first-order chi connectivity index (χ1) is 12.1. The van der Waals surface area contributed by atoms with E-state index in [4.69, 9.17) is 11.6 Å². The molecule has 3 rings (SSSR count). The molecule has 1 unspecified atom stereocenters. The lowest BCUT2D eigenvalue weighted by molar-refractivity contribution is -0.115. The van der Waals surface area contributed by atoms with Crippen molar-refractivity contribution in [1.82, 2.24) is 10.2 Å². The summed E-state index contributed by atoms with van der Waals surface area (Å²) in [5, 5.41) is 15.9. The normalized spacial score (nSPS) is 16.4. The molecule has 5 nitrogen and oxygen atoms in total. The number of rotatable bonds is 6. The third kappa shape index (κ3) is 5.59. The maximum Gasteiger partial charge on any atom is 0.237 e. The van der Waals surface area contributed by atoms with E-state index < -0.39 is 0 Å². The summed E-state index contributed by atoms with van der Waals surface area (Å²) in [6.45, 7) is 1.86. The minimum Gasteiger partial charge on any atom is -0.357 e. The second kappa shape index (κ2) is 8.87. The summed E-state index contributed by atoms with van der Waals surface area (Å²) in [4.78, 5) is 12.3. The van der Waals surface area contributed by atoms with Crippen molar-refractivity contribution in [1.29, 1.82) is 0 Å². The predicted octanol–water partition coefficient (Wildman–Crippen LogP) is 5.06. The van der Waals surface area contributed by atoms with E-state index in [1.807, 2.05) is 19.1 Å². The topological polar surface area (TPSA) is 66.9 Å². The zero-order valence-corrected chi connectivity index (χ0v) is 16.4. The van der Waals surface area contributed by atoms with E-state index in [1.54, 1.807) is 12.1 Å². The molecule has 1 heterocycles. The third-order valence-electron chi connectivity index (χ3n) is 4.08. The summed E-state index contributed by atoms with van der Waals surface area (Å²) in [6.07, 6.45) is 6.27. The fraction of sp³-hybridized carbons (Fsp3) is 0.471. The monoisotopic (exact) mass is 396 g/mol. The van der Waals surface area contributed by atoms with Gasteiger partial charge in [0.25, 0.3) is 0 Å². The zero-order valence-electron chi connectivity index (χ0n) is 14.0. The predicted molar refractivity (Wildman–Crippen MR) is 106 cm³/mol. The van der Waals surface area contributed by atoms with Crippen molar-refractivity contribution in [3.8, 4) is 0 Å². The molecule has 0 saturated heterocycles. The first-order valence-electron chi connectivity index (χ1n) is 8.43. The lowest BCUT2D eigenvalue weighted by atomic mass is 9.96. The number of halogens is 1. The van der Waals surface area contributed by atoms with E-state index >= 15 is 0 Å². The number of hydrogen-bond acceptors (Lipinski definition) is 6. The summed E-state index contributed by atoms with van der Waals surface area (Å²) in [5.41, 5.74) is 0.696. The number of nitrogens with one attached hydrogen (secondary N) is 2. The Labute approximate surface area is 161 Å². The van der Waals surface area contributed by atoms with Crippen LogP contribution in [0.15, 0.2) is 28.6 Å². The van der Waals surface area contributed by atoms with Crippen molar-refractivity contribution < 1.29 is 4.79 Å². The van der Waals surface area contributed by atoms with E-state index in [2.05, 4.69) is 20.8 Å². The molecule has 1 atom stereocenters. The SMILES string of the molecule is CC(Sc1nnc(NC2CCCCC2)s1)C(=O)Nc1cccc(Cl)c1. The van der Waals surface area contributed by atoms with Gasteiger partial charge in [-0.3, -0.25) is 4.79 Å². The fourth-order valence-electron chi connectivity index (χ4n) is 2.75. The molecule has 0 bridgehead atoms. The Morgan fingerprint density at radius 2 is 2.12 bits per heavy atom. The number of hydrogen-bond donors (Lipinski definition) is 2. The Bertz CT molecular complexity index is 718. The molecule has 1 aromatic heterocycles. The number of anilines is 2. The molecule has 1 fully saturated rings. The molecule has 8 heteroatoms. The van der Waals surface area contributed by atoms with Crippen LogP contribution in [0.25, 0.3) is 0 Å². The number of aromatic nitrogens is 2.